The van der Waals surface area contributed by atoms with E-state index >= 15 is 0 Å². The van der Waals surface area contributed by atoms with Gasteiger partial charge in [0.25, 0.3) is 0 Å². The molecule has 0 bridgehead atoms. The van der Waals surface area contributed by atoms with E-state index in [-0.39, 0.29) is 0 Å². The molecule has 1 aliphatic rings. The third-order valence-corrected chi connectivity index (χ3v) is 2.22. The molecule has 0 fully saturated rings. The minimum Gasteiger partial charge on any atom is -0.262 e. The van der Waals surface area contributed by atoms with Gasteiger partial charge in [-0.3, -0.25) is 9.98 Å². The first kappa shape index (κ1) is 6.53. The normalized spacial score (nSPS) is 21.3. The first-order valence-corrected chi connectivity index (χ1v) is 3.78. The molecule has 2 heterocycles. The Bertz CT molecular complexity index is 315. The molecule has 2 rings (SSSR count). The van der Waals surface area contributed by atoms with Crippen molar-refractivity contribution in [2.45, 2.75) is 19.8 Å². The van der Waals surface area contributed by atoms with Gasteiger partial charge in [0.1, 0.15) is 0 Å². The van der Waals surface area contributed by atoms with Gasteiger partial charge in [0.2, 0.25) is 0 Å². The largest absolute Gasteiger partial charge is 0.262 e. The van der Waals surface area contributed by atoms with E-state index in [0.29, 0.717) is 5.92 Å². The Morgan fingerprint density at radius 3 is 3.00 bits per heavy atom. The van der Waals surface area contributed by atoms with Gasteiger partial charge in [-0.05, 0) is 18.6 Å². The average Bonchev–Trinajstić information content (AvgIpc) is 2.30. The molecule has 0 aromatic carbocycles. The molecule has 1 atom stereocenters. The molecular weight excluding hydrogens is 136 g/mol. The molecule has 1 aromatic heterocycles. The minimum absolute atomic E-state index is 0.480. The van der Waals surface area contributed by atoms with Crippen molar-refractivity contribution < 1.29 is 0 Å². The van der Waals surface area contributed by atoms with Gasteiger partial charge in [0, 0.05) is 17.8 Å². The third kappa shape index (κ3) is 0.862. The molecule has 56 valence electrons. The number of fused-ring (bicyclic) bond motifs is 1. The maximum Gasteiger partial charge on any atom is 0.0850 e. The van der Waals surface area contributed by atoms with E-state index in [1.165, 1.54) is 11.3 Å². The molecule has 2 nitrogen and oxygen atoms in total. The zero-order valence-electron chi connectivity index (χ0n) is 6.70. The SMILES string of the molecule is CC1=Nc2cnccc2C1C. The Kier molecular flexibility index (Phi) is 1.28. The second-order valence-corrected chi connectivity index (χ2v) is 2.91. The second kappa shape index (κ2) is 2.16. The molecule has 0 saturated heterocycles. The van der Waals surface area contributed by atoms with Crippen LogP contribution in [-0.2, 0) is 0 Å². The summed E-state index contributed by atoms with van der Waals surface area (Å²) in [5, 5.41) is 0. The van der Waals surface area contributed by atoms with Crippen LogP contribution in [0.5, 0.6) is 0 Å². The first-order valence-electron chi connectivity index (χ1n) is 3.78. The summed E-state index contributed by atoms with van der Waals surface area (Å²) < 4.78 is 0. The molecule has 0 spiro atoms. The van der Waals surface area contributed by atoms with Crippen LogP contribution in [-0.4, -0.2) is 10.7 Å². The van der Waals surface area contributed by atoms with Crippen molar-refractivity contribution >= 4 is 11.4 Å². The number of aromatic nitrogens is 1. The predicted octanol–water partition coefficient (Wildman–Crippen LogP) is 2.29. The quantitative estimate of drug-likeness (QED) is 0.551. The average molecular weight is 146 g/mol. The first-order chi connectivity index (χ1) is 5.29. The lowest BCUT2D eigenvalue weighted by atomic mass is 10.0. The van der Waals surface area contributed by atoms with E-state index in [9.17, 15) is 0 Å². The standard InChI is InChI=1S/C9H10N2/c1-6-7(2)11-9-5-10-4-3-8(6)9/h3-6H,1-2H3. The highest BCUT2D eigenvalue weighted by Gasteiger charge is 2.18. The maximum absolute atomic E-state index is 4.39. The molecule has 11 heavy (non-hydrogen) atoms. The lowest BCUT2D eigenvalue weighted by Gasteiger charge is -2.02. The molecule has 0 N–H and O–H groups in total. The fourth-order valence-electron chi connectivity index (χ4n) is 1.37. The van der Waals surface area contributed by atoms with Crippen molar-refractivity contribution in [2.24, 2.45) is 4.99 Å². The molecule has 1 aromatic rings. The third-order valence-electron chi connectivity index (χ3n) is 2.22. The van der Waals surface area contributed by atoms with Crippen LogP contribution in [0.25, 0.3) is 0 Å². The number of nitrogens with zero attached hydrogens (tertiary/aromatic N) is 2. The molecule has 1 aliphatic heterocycles. The summed E-state index contributed by atoms with van der Waals surface area (Å²) in [6.07, 6.45) is 3.64. The summed E-state index contributed by atoms with van der Waals surface area (Å²) in [6, 6.07) is 2.04. The Morgan fingerprint density at radius 2 is 2.27 bits per heavy atom. The van der Waals surface area contributed by atoms with Gasteiger partial charge in [-0.2, -0.15) is 0 Å². The molecule has 1 unspecified atom stereocenters. The van der Waals surface area contributed by atoms with E-state index < -0.39 is 0 Å². The van der Waals surface area contributed by atoms with Gasteiger partial charge in [0.15, 0.2) is 0 Å². The van der Waals surface area contributed by atoms with E-state index in [0.717, 1.165) is 5.69 Å². The molecule has 2 heteroatoms. The number of pyridine rings is 1. The minimum atomic E-state index is 0.480. The Balaban J connectivity index is 2.58. The highest BCUT2D eigenvalue weighted by Crippen LogP contribution is 2.33. The number of hydrogen-bond acceptors (Lipinski definition) is 2. The van der Waals surface area contributed by atoms with Crippen LogP contribution in [0, 0.1) is 0 Å². The molecule has 0 saturated carbocycles. The summed E-state index contributed by atoms with van der Waals surface area (Å²) in [7, 11) is 0. The van der Waals surface area contributed by atoms with E-state index in [1.54, 1.807) is 0 Å². The fraction of sp³-hybridized carbons (Fsp3) is 0.333. The van der Waals surface area contributed by atoms with E-state index in [4.69, 9.17) is 0 Å². The molecule has 0 radical (unpaired) electrons. The lowest BCUT2D eigenvalue weighted by molar-refractivity contribution is 1.04. The monoisotopic (exact) mass is 146 g/mol. The van der Waals surface area contributed by atoms with Gasteiger partial charge >= 0.3 is 0 Å². The Hall–Kier alpha value is -1.18. The second-order valence-electron chi connectivity index (χ2n) is 2.91. The number of aliphatic imine (C=N–C) groups is 1. The Morgan fingerprint density at radius 1 is 1.45 bits per heavy atom. The zero-order chi connectivity index (χ0) is 7.84. The van der Waals surface area contributed by atoms with Crippen LogP contribution >= 0.6 is 0 Å². The summed E-state index contributed by atoms with van der Waals surface area (Å²) in [4.78, 5) is 8.41. The number of hydrogen-bond donors (Lipinski definition) is 0. The van der Waals surface area contributed by atoms with Crippen molar-refractivity contribution in [3.63, 3.8) is 0 Å². The van der Waals surface area contributed by atoms with Crippen LogP contribution in [0.4, 0.5) is 5.69 Å². The fourth-order valence-corrected chi connectivity index (χ4v) is 1.37. The van der Waals surface area contributed by atoms with Gasteiger partial charge in [0.05, 0.1) is 11.9 Å². The van der Waals surface area contributed by atoms with Crippen molar-refractivity contribution in [2.75, 3.05) is 0 Å². The summed E-state index contributed by atoms with van der Waals surface area (Å²) in [6.45, 7) is 4.23. The Labute approximate surface area is 66.0 Å². The van der Waals surface area contributed by atoms with Crippen molar-refractivity contribution in [1.82, 2.24) is 4.98 Å². The maximum atomic E-state index is 4.39. The van der Waals surface area contributed by atoms with Crippen LogP contribution in [0.3, 0.4) is 0 Å². The van der Waals surface area contributed by atoms with Gasteiger partial charge in [-0.25, -0.2) is 0 Å². The predicted molar refractivity (Wildman–Crippen MR) is 45.4 cm³/mol. The highest BCUT2D eigenvalue weighted by atomic mass is 14.8. The van der Waals surface area contributed by atoms with Crippen molar-refractivity contribution in [3.8, 4) is 0 Å². The van der Waals surface area contributed by atoms with Crippen LogP contribution in [0.2, 0.25) is 0 Å². The lowest BCUT2D eigenvalue weighted by Crippen LogP contribution is -1.97. The highest BCUT2D eigenvalue weighted by molar-refractivity contribution is 5.95. The molecular formula is C9H10N2. The molecule has 0 amide bonds. The van der Waals surface area contributed by atoms with Gasteiger partial charge in [-0.1, -0.05) is 6.92 Å². The van der Waals surface area contributed by atoms with E-state index in [2.05, 4.69) is 23.8 Å². The smallest absolute Gasteiger partial charge is 0.0850 e. The van der Waals surface area contributed by atoms with Crippen LogP contribution in [0.1, 0.15) is 25.3 Å². The topological polar surface area (TPSA) is 25.2 Å². The number of rotatable bonds is 0. The van der Waals surface area contributed by atoms with Gasteiger partial charge < -0.3 is 0 Å². The van der Waals surface area contributed by atoms with E-state index in [1.807, 2.05) is 18.5 Å². The van der Waals surface area contributed by atoms with Crippen LogP contribution in [0.15, 0.2) is 23.5 Å². The van der Waals surface area contributed by atoms with Crippen molar-refractivity contribution in [3.05, 3.63) is 24.0 Å². The summed E-state index contributed by atoms with van der Waals surface area (Å²) >= 11 is 0. The molecule has 0 aliphatic carbocycles. The zero-order valence-corrected chi connectivity index (χ0v) is 6.70. The van der Waals surface area contributed by atoms with Crippen LogP contribution < -0.4 is 0 Å². The summed E-state index contributed by atoms with van der Waals surface area (Å²) in [5.41, 5.74) is 3.53. The summed E-state index contributed by atoms with van der Waals surface area (Å²) in [5.74, 6) is 0.480. The van der Waals surface area contributed by atoms with Gasteiger partial charge in [-0.15, -0.1) is 0 Å². The van der Waals surface area contributed by atoms with Crippen molar-refractivity contribution in [1.29, 1.82) is 0 Å².